The van der Waals surface area contributed by atoms with Crippen LogP contribution in [-0.2, 0) is 10.3 Å². The van der Waals surface area contributed by atoms with Crippen molar-refractivity contribution in [1.29, 1.82) is 0 Å². The fraction of sp³-hybridized carbons (Fsp3) is 0.429. The predicted octanol–water partition coefficient (Wildman–Crippen LogP) is 5.10. The van der Waals surface area contributed by atoms with Crippen LogP contribution in [0.2, 0.25) is 5.02 Å². The van der Waals surface area contributed by atoms with Crippen molar-refractivity contribution >= 4 is 11.6 Å². The van der Waals surface area contributed by atoms with E-state index < -0.39 is 5.60 Å². The molecule has 0 aromatic heterocycles. The molecule has 0 saturated carbocycles. The lowest BCUT2D eigenvalue weighted by Crippen LogP contribution is -2.31. The van der Waals surface area contributed by atoms with Crippen molar-refractivity contribution in [2.45, 2.75) is 37.8 Å². The molecule has 1 aliphatic rings. The first-order chi connectivity index (χ1) is 11.6. The van der Waals surface area contributed by atoms with E-state index in [1.165, 1.54) is 24.9 Å². The van der Waals surface area contributed by atoms with Gasteiger partial charge in [-0.05, 0) is 63.0 Å². The van der Waals surface area contributed by atoms with Crippen molar-refractivity contribution in [2.24, 2.45) is 0 Å². The van der Waals surface area contributed by atoms with Crippen molar-refractivity contribution in [1.82, 2.24) is 4.90 Å². The van der Waals surface area contributed by atoms with E-state index >= 15 is 0 Å². The highest BCUT2D eigenvalue weighted by atomic mass is 35.5. The zero-order valence-corrected chi connectivity index (χ0v) is 15.3. The Morgan fingerprint density at radius 2 is 1.75 bits per heavy atom. The standard InChI is InChI=1S/C21H26ClNO/c1-21(17-7-4-3-5-8-17,18-10-12-19(22)13-11-18)24-16-14-20-9-6-15-23(20)2/h3-5,7-8,10-13,20H,6,9,14-16H2,1-2H3/t20?,21-/m1/s1. The molecule has 1 heterocycles. The van der Waals surface area contributed by atoms with E-state index in [0.29, 0.717) is 6.04 Å². The monoisotopic (exact) mass is 343 g/mol. The maximum Gasteiger partial charge on any atom is 0.115 e. The van der Waals surface area contributed by atoms with Gasteiger partial charge < -0.3 is 9.64 Å². The lowest BCUT2D eigenvalue weighted by atomic mass is 9.88. The molecule has 0 aliphatic carbocycles. The van der Waals surface area contributed by atoms with Crippen molar-refractivity contribution in [3.05, 3.63) is 70.7 Å². The van der Waals surface area contributed by atoms with E-state index in [-0.39, 0.29) is 0 Å². The summed E-state index contributed by atoms with van der Waals surface area (Å²) in [7, 11) is 2.22. The van der Waals surface area contributed by atoms with Crippen LogP contribution < -0.4 is 0 Å². The fourth-order valence-electron chi connectivity index (χ4n) is 3.60. The molecule has 0 radical (unpaired) electrons. The van der Waals surface area contributed by atoms with Gasteiger partial charge in [-0.3, -0.25) is 0 Å². The second kappa shape index (κ2) is 7.69. The van der Waals surface area contributed by atoms with E-state index in [2.05, 4.69) is 55.3 Å². The summed E-state index contributed by atoms with van der Waals surface area (Å²) < 4.78 is 6.48. The van der Waals surface area contributed by atoms with Crippen LogP contribution in [0.15, 0.2) is 54.6 Å². The van der Waals surface area contributed by atoms with Gasteiger partial charge in [-0.25, -0.2) is 0 Å². The van der Waals surface area contributed by atoms with E-state index in [4.69, 9.17) is 16.3 Å². The summed E-state index contributed by atoms with van der Waals surface area (Å²) in [5.41, 5.74) is 1.85. The molecule has 3 rings (SSSR count). The molecular weight excluding hydrogens is 318 g/mol. The van der Waals surface area contributed by atoms with Crippen LogP contribution in [0.25, 0.3) is 0 Å². The molecule has 0 bridgehead atoms. The number of hydrogen-bond acceptors (Lipinski definition) is 2. The van der Waals surface area contributed by atoms with E-state index in [9.17, 15) is 0 Å². The normalized spacial score (nSPS) is 20.9. The summed E-state index contributed by atoms with van der Waals surface area (Å²) in [6.45, 7) is 4.12. The Morgan fingerprint density at radius 1 is 1.08 bits per heavy atom. The zero-order chi connectivity index (χ0) is 17.0. The molecule has 1 fully saturated rings. The molecule has 2 nitrogen and oxygen atoms in total. The SMILES string of the molecule is CN1CCCC1CCO[C@](C)(c1ccccc1)c1ccc(Cl)cc1. The Balaban J connectivity index is 1.78. The third kappa shape index (κ3) is 3.83. The molecule has 1 unspecified atom stereocenters. The molecule has 3 heteroatoms. The molecule has 2 atom stereocenters. The first-order valence-corrected chi connectivity index (χ1v) is 9.13. The zero-order valence-electron chi connectivity index (χ0n) is 14.5. The minimum Gasteiger partial charge on any atom is -0.366 e. The Morgan fingerprint density at radius 3 is 2.38 bits per heavy atom. The topological polar surface area (TPSA) is 12.5 Å². The Hall–Kier alpha value is -1.35. The van der Waals surface area contributed by atoms with Crippen molar-refractivity contribution < 1.29 is 4.74 Å². The maximum atomic E-state index is 6.48. The van der Waals surface area contributed by atoms with Gasteiger partial charge in [-0.2, -0.15) is 0 Å². The van der Waals surface area contributed by atoms with E-state index in [1.807, 2.05) is 18.2 Å². The predicted molar refractivity (Wildman–Crippen MR) is 101 cm³/mol. The number of benzene rings is 2. The largest absolute Gasteiger partial charge is 0.366 e. The third-order valence-corrected chi connectivity index (χ3v) is 5.49. The van der Waals surface area contributed by atoms with Crippen LogP contribution in [0.5, 0.6) is 0 Å². The number of rotatable bonds is 6. The number of ether oxygens (including phenoxy) is 1. The minimum atomic E-state index is -0.455. The average Bonchev–Trinajstić information content (AvgIpc) is 3.01. The van der Waals surface area contributed by atoms with Gasteiger partial charge in [0, 0.05) is 17.7 Å². The van der Waals surface area contributed by atoms with Crippen LogP contribution in [0.4, 0.5) is 0 Å². The van der Waals surface area contributed by atoms with Crippen LogP contribution in [-0.4, -0.2) is 31.1 Å². The number of halogens is 1. The molecule has 1 aliphatic heterocycles. The van der Waals surface area contributed by atoms with E-state index in [0.717, 1.165) is 23.6 Å². The van der Waals surface area contributed by atoms with Gasteiger partial charge in [-0.1, -0.05) is 54.1 Å². The van der Waals surface area contributed by atoms with Gasteiger partial charge in [0.05, 0.1) is 0 Å². The van der Waals surface area contributed by atoms with Crippen molar-refractivity contribution in [2.75, 3.05) is 20.2 Å². The molecule has 0 N–H and O–H groups in total. The van der Waals surface area contributed by atoms with Gasteiger partial charge in [0.2, 0.25) is 0 Å². The van der Waals surface area contributed by atoms with E-state index in [1.54, 1.807) is 0 Å². The summed E-state index contributed by atoms with van der Waals surface area (Å²) >= 11 is 6.07. The second-order valence-corrected chi connectivity index (χ2v) is 7.26. The molecule has 2 aromatic carbocycles. The molecule has 128 valence electrons. The van der Waals surface area contributed by atoms with Crippen molar-refractivity contribution in [3.63, 3.8) is 0 Å². The first-order valence-electron chi connectivity index (χ1n) is 8.75. The Kier molecular flexibility index (Phi) is 5.60. The molecule has 1 saturated heterocycles. The van der Waals surface area contributed by atoms with Crippen LogP contribution in [0.3, 0.4) is 0 Å². The number of hydrogen-bond donors (Lipinski definition) is 0. The average molecular weight is 344 g/mol. The summed E-state index contributed by atoms with van der Waals surface area (Å²) in [5, 5.41) is 0.752. The maximum absolute atomic E-state index is 6.48. The quantitative estimate of drug-likeness (QED) is 0.723. The highest BCUT2D eigenvalue weighted by molar-refractivity contribution is 6.30. The van der Waals surface area contributed by atoms with Crippen LogP contribution >= 0.6 is 11.6 Å². The van der Waals surface area contributed by atoms with Gasteiger partial charge in [-0.15, -0.1) is 0 Å². The van der Waals surface area contributed by atoms with Gasteiger partial charge in [0.1, 0.15) is 5.60 Å². The third-order valence-electron chi connectivity index (χ3n) is 5.23. The summed E-state index contributed by atoms with van der Waals surface area (Å²) in [6.07, 6.45) is 3.66. The first kappa shape index (κ1) is 17.5. The fourth-order valence-corrected chi connectivity index (χ4v) is 3.73. The molecule has 2 aromatic rings. The highest BCUT2D eigenvalue weighted by Crippen LogP contribution is 2.34. The second-order valence-electron chi connectivity index (χ2n) is 6.82. The molecule has 0 spiro atoms. The highest BCUT2D eigenvalue weighted by Gasteiger charge is 2.30. The number of nitrogens with zero attached hydrogens (tertiary/aromatic N) is 1. The van der Waals surface area contributed by atoms with Crippen molar-refractivity contribution in [3.8, 4) is 0 Å². The Labute approximate surface area is 150 Å². The summed E-state index contributed by atoms with van der Waals surface area (Å²) in [6, 6.07) is 19.1. The van der Waals surface area contributed by atoms with Gasteiger partial charge in [0.25, 0.3) is 0 Å². The lowest BCUT2D eigenvalue weighted by Gasteiger charge is -2.32. The minimum absolute atomic E-state index is 0.455. The van der Waals surface area contributed by atoms with Gasteiger partial charge >= 0.3 is 0 Å². The van der Waals surface area contributed by atoms with Crippen LogP contribution in [0.1, 0.15) is 37.3 Å². The van der Waals surface area contributed by atoms with Crippen LogP contribution in [0, 0.1) is 0 Å². The van der Waals surface area contributed by atoms with Gasteiger partial charge in [0.15, 0.2) is 0 Å². The summed E-state index contributed by atoms with van der Waals surface area (Å²) in [5.74, 6) is 0. The lowest BCUT2D eigenvalue weighted by molar-refractivity contribution is -0.0117. The molecule has 24 heavy (non-hydrogen) atoms. The molecule has 0 amide bonds. The Bertz CT molecular complexity index is 643. The summed E-state index contributed by atoms with van der Waals surface area (Å²) in [4.78, 5) is 2.45. The number of likely N-dealkylation sites (tertiary alicyclic amines) is 1. The molecular formula is C21H26ClNO. The smallest absolute Gasteiger partial charge is 0.115 e.